The Hall–Kier alpha value is -1.56. The van der Waals surface area contributed by atoms with Gasteiger partial charge in [-0.1, -0.05) is 12.1 Å². The highest BCUT2D eigenvalue weighted by Gasteiger charge is 2.14. The highest BCUT2D eigenvalue weighted by Crippen LogP contribution is 2.19. The maximum atomic E-state index is 11.0. The Balaban J connectivity index is 3.00. The molecule has 0 saturated heterocycles. The molecule has 0 aliphatic carbocycles. The fourth-order valence-electron chi connectivity index (χ4n) is 1.23. The molecule has 0 heterocycles. The second-order valence-corrected chi connectivity index (χ2v) is 5.31. The first-order chi connectivity index (χ1) is 7.29. The number of sulfonamides is 1. The Morgan fingerprint density at radius 1 is 1.44 bits per heavy atom. The smallest absolute Gasteiger partial charge is 0.310 e. The van der Waals surface area contributed by atoms with Crippen LogP contribution < -0.4 is 4.72 Å². The predicted molar refractivity (Wildman–Crippen MR) is 61.0 cm³/mol. The number of rotatable bonds is 4. The standard InChI is InChI=1S/C10H13NO4S/c1-7(10(12)13)8-4-3-5-9(6-8)11-16(2,14)15/h3-7,11H,1-2H3,(H,12,13). The summed E-state index contributed by atoms with van der Waals surface area (Å²) >= 11 is 0. The SMILES string of the molecule is CC(C(=O)O)c1cccc(NS(C)(=O)=O)c1. The van der Waals surface area contributed by atoms with Gasteiger partial charge in [0.05, 0.1) is 12.2 Å². The van der Waals surface area contributed by atoms with Crippen LogP contribution in [0, 0.1) is 0 Å². The number of carboxylic acid groups (broad SMARTS) is 1. The number of hydrogen-bond acceptors (Lipinski definition) is 3. The van der Waals surface area contributed by atoms with Crippen LogP contribution in [0.3, 0.4) is 0 Å². The maximum Gasteiger partial charge on any atom is 0.310 e. The molecule has 0 spiro atoms. The third-order valence-electron chi connectivity index (χ3n) is 2.06. The van der Waals surface area contributed by atoms with Crippen LogP contribution in [0.5, 0.6) is 0 Å². The van der Waals surface area contributed by atoms with E-state index in [1.165, 1.54) is 6.07 Å². The molecule has 16 heavy (non-hydrogen) atoms. The molecule has 0 radical (unpaired) electrons. The molecule has 1 unspecified atom stereocenters. The minimum absolute atomic E-state index is 0.369. The summed E-state index contributed by atoms with van der Waals surface area (Å²) in [6.07, 6.45) is 1.04. The average Bonchev–Trinajstić information content (AvgIpc) is 2.14. The van der Waals surface area contributed by atoms with E-state index >= 15 is 0 Å². The van der Waals surface area contributed by atoms with Crippen molar-refractivity contribution in [3.8, 4) is 0 Å². The molecule has 0 aliphatic heterocycles. The Morgan fingerprint density at radius 3 is 2.56 bits per heavy atom. The number of carboxylic acids is 1. The zero-order chi connectivity index (χ0) is 12.3. The number of aliphatic carboxylic acids is 1. The molecule has 0 aliphatic rings. The lowest BCUT2D eigenvalue weighted by molar-refractivity contribution is -0.138. The molecule has 6 heteroatoms. The Labute approximate surface area is 94.2 Å². The van der Waals surface area contributed by atoms with Crippen molar-refractivity contribution in [1.82, 2.24) is 0 Å². The molecule has 0 amide bonds. The van der Waals surface area contributed by atoms with Crippen LogP contribution in [0.25, 0.3) is 0 Å². The summed E-state index contributed by atoms with van der Waals surface area (Å²) in [7, 11) is -3.34. The van der Waals surface area contributed by atoms with Gasteiger partial charge >= 0.3 is 5.97 Å². The van der Waals surface area contributed by atoms with Gasteiger partial charge in [0.15, 0.2) is 0 Å². The van der Waals surface area contributed by atoms with Gasteiger partial charge < -0.3 is 5.11 Å². The third-order valence-corrected chi connectivity index (χ3v) is 2.67. The first-order valence-corrected chi connectivity index (χ1v) is 6.49. The largest absolute Gasteiger partial charge is 0.481 e. The van der Waals surface area contributed by atoms with E-state index < -0.39 is 21.9 Å². The van der Waals surface area contributed by atoms with Crippen molar-refractivity contribution in [3.63, 3.8) is 0 Å². The predicted octanol–water partition coefficient (Wildman–Crippen LogP) is 1.25. The second kappa shape index (κ2) is 4.52. The molecule has 0 fully saturated rings. The highest BCUT2D eigenvalue weighted by molar-refractivity contribution is 7.92. The van der Waals surface area contributed by atoms with Crippen molar-refractivity contribution >= 4 is 21.7 Å². The Kier molecular flexibility index (Phi) is 3.54. The van der Waals surface area contributed by atoms with Crippen molar-refractivity contribution < 1.29 is 18.3 Å². The summed E-state index contributed by atoms with van der Waals surface area (Å²) in [6, 6.07) is 6.34. The van der Waals surface area contributed by atoms with Crippen molar-refractivity contribution in [3.05, 3.63) is 29.8 Å². The highest BCUT2D eigenvalue weighted by atomic mass is 32.2. The van der Waals surface area contributed by atoms with Crippen LogP contribution in [0.4, 0.5) is 5.69 Å². The van der Waals surface area contributed by atoms with Gasteiger partial charge in [-0.3, -0.25) is 9.52 Å². The topological polar surface area (TPSA) is 83.5 Å². The van der Waals surface area contributed by atoms with Gasteiger partial charge in [0.1, 0.15) is 0 Å². The second-order valence-electron chi connectivity index (χ2n) is 3.56. The van der Waals surface area contributed by atoms with Crippen LogP contribution in [0.2, 0.25) is 0 Å². The molecule has 0 saturated carbocycles. The summed E-state index contributed by atoms with van der Waals surface area (Å²) in [5, 5.41) is 8.82. The number of nitrogens with one attached hydrogen (secondary N) is 1. The molecule has 0 aromatic heterocycles. The van der Waals surface area contributed by atoms with Gasteiger partial charge in [-0.25, -0.2) is 8.42 Å². The molecular formula is C10H13NO4S. The first-order valence-electron chi connectivity index (χ1n) is 4.60. The van der Waals surface area contributed by atoms with Crippen molar-refractivity contribution in [2.45, 2.75) is 12.8 Å². The maximum absolute atomic E-state index is 11.0. The fraction of sp³-hybridized carbons (Fsp3) is 0.300. The number of carbonyl (C=O) groups is 1. The molecule has 1 rings (SSSR count). The normalized spacial score (nSPS) is 13.1. The molecule has 2 N–H and O–H groups in total. The Bertz CT molecular complexity index is 495. The monoisotopic (exact) mass is 243 g/mol. The van der Waals surface area contributed by atoms with Crippen molar-refractivity contribution in [1.29, 1.82) is 0 Å². The van der Waals surface area contributed by atoms with Crippen LogP contribution in [0.15, 0.2) is 24.3 Å². The summed E-state index contributed by atoms with van der Waals surface area (Å²) in [6.45, 7) is 1.54. The lowest BCUT2D eigenvalue weighted by Gasteiger charge is -2.09. The lowest BCUT2D eigenvalue weighted by Crippen LogP contribution is -2.11. The summed E-state index contributed by atoms with van der Waals surface area (Å²) in [5.41, 5.74) is 0.925. The molecule has 1 atom stereocenters. The molecule has 0 bridgehead atoms. The lowest BCUT2D eigenvalue weighted by atomic mass is 10.0. The van der Waals surface area contributed by atoms with E-state index in [4.69, 9.17) is 5.11 Å². The van der Waals surface area contributed by atoms with E-state index in [2.05, 4.69) is 4.72 Å². The van der Waals surface area contributed by atoms with Gasteiger partial charge in [0, 0.05) is 5.69 Å². The zero-order valence-electron chi connectivity index (χ0n) is 8.97. The fourth-order valence-corrected chi connectivity index (χ4v) is 1.78. The van der Waals surface area contributed by atoms with Crippen LogP contribution >= 0.6 is 0 Å². The Morgan fingerprint density at radius 2 is 2.06 bits per heavy atom. The van der Waals surface area contributed by atoms with Crippen molar-refractivity contribution in [2.24, 2.45) is 0 Å². The van der Waals surface area contributed by atoms with E-state index in [0.29, 0.717) is 11.3 Å². The molecule has 1 aromatic carbocycles. The third kappa shape index (κ3) is 3.54. The minimum Gasteiger partial charge on any atom is -0.481 e. The van der Waals surface area contributed by atoms with Gasteiger partial charge in [-0.2, -0.15) is 0 Å². The number of benzene rings is 1. The summed E-state index contributed by atoms with van der Waals surface area (Å²) < 4.78 is 24.3. The van der Waals surface area contributed by atoms with E-state index in [0.717, 1.165) is 6.26 Å². The van der Waals surface area contributed by atoms with E-state index in [1.807, 2.05) is 0 Å². The van der Waals surface area contributed by atoms with Crippen LogP contribution in [0.1, 0.15) is 18.4 Å². The summed E-state index contributed by atoms with van der Waals surface area (Å²) in [5.74, 6) is -1.61. The van der Waals surface area contributed by atoms with E-state index in [-0.39, 0.29) is 0 Å². The molecular weight excluding hydrogens is 230 g/mol. The van der Waals surface area contributed by atoms with Gasteiger partial charge in [0.25, 0.3) is 0 Å². The van der Waals surface area contributed by atoms with Crippen molar-refractivity contribution in [2.75, 3.05) is 11.0 Å². The summed E-state index contributed by atoms with van der Waals surface area (Å²) in [4.78, 5) is 10.8. The average molecular weight is 243 g/mol. The minimum atomic E-state index is -3.34. The molecule has 5 nitrogen and oxygen atoms in total. The van der Waals surface area contributed by atoms with E-state index in [9.17, 15) is 13.2 Å². The van der Waals surface area contributed by atoms with Crippen LogP contribution in [-0.4, -0.2) is 25.7 Å². The zero-order valence-corrected chi connectivity index (χ0v) is 9.78. The van der Waals surface area contributed by atoms with Gasteiger partial charge in [-0.15, -0.1) is 0 Å². The molecule has 88 valence electrons. The van der Waals surface area contributed by atoms with Gasteiger partial charge in [0.2, 0.25) is 10.0 Å². The van der Waals surface area contributed by atoms with E-state index in [1.54, 1.807) is 25.1 Å². The van der Waals surface area contributed by atoms with Gasteiger partial charge in [-0.05, 0) is 24.6 Å². The quantitative estimate of drug-likeness (QED) is 0.833. The number of anilines is 1. The van der Waals surface area contributed by atoms with Crippen LogP contribution in [-0.2, 0) is 14.8 Å². The molecule has 1 aromatic rings. The first kappa shape index (κ1) is 12.5. The number of hydrogen-bond donors (Lipinski definition) is 2.